The zero-order valence-corrected chi connectivity index (χ0v) is 12.5. The maximum Gasteiger partial charge on any atom is 0.336 e. The van der Waals surface area contributed by atoms with Crippen LogP contribution in [0.4, 0.5) is 0 Å². The molecule has 0 fully saturated rings. The van der Waals surface area contributed by atoms with Crippen molar-refractivity contribution < 1.29 is 14.7 Å². The first kappa shape index (κ1) is 15.5. The third-order valence-electron chi connectivity index (χ3n) is 3.46. The van der Waals surface area contributed by atoms with Crippen LogP contribution in [0.5, 0.6) is 0 Å². The third kappa shape index (κ3) is 3.23. The highest BCUT2D eigenvalue weighted by atomic mass is 16.4. The van der Waals surface area contributed by atoms with E-state index in [2.05, 4.69) is 0 Å². The molecule has 0 heterocycles. The second-order valence-electron chi connectivity index (χ2n) is 5.13. The van der Waals surface area contributed by atoms with Crippen molar-refractivity contribution in [1.82, 2.24) is 0 Å². The number of carboxylic acids is 1. The number of benzene rings is 1. The van der Waals surface area contributed by atoms with E-state index < -0.39 is 5.97 Å². The van der Waals surface area contributed by atoms with Crippen molar-refractivity contribution in [3.63, 3.8) is 0 Å². The lowest BCUT2D eigenvalue weighted by molar-refractivity contribution is -0.132. The van der Waals surface area contributed by atoms with Gasteiger partial charge in [0.05, 0.1) is 5.57 Å². The number of carboxylic acid groups (broad SMARTS) is 1. The molecule has 3 N–H and O–H groups in total. The minimum absolute atomic E-state index is 0.355. The number of nitrogens with two attached hydrogens (primary N) is 1. The summed E-state index contributed by atoms with van der Waals surface area (Å²) in [6, 6.07) is 5.66. The third-order valence-corrected chi connectivity index (χ3v) is 3.46. The number of rotatable bonds is 2. The average Bonchev–Trinajstić information content (AvgIpc) is 3.04. The molecule has 2 aliphatic rings. The van der Waals surface area contributed by atoms with Crippen LogP contribution >= 0.6 is 0 Å². The fourth-order valence-corrected chi connectivity index (χ4v) is 2.28. The van der Waals surface area contributed by atoms with Crippen molar-refractivity contribution in [2.24, 2.45) is 5.73 Å². The zero-order chi connectivity index (χ0) is 16.3. The summed E-state index contributed by atoms with van der Waals surface area (Å²) in [5, 5.41) is 8.69. The maximum atomic E-state index is 10.8. The van der Waals surface area contributed by atoms with Crippen LogP contribution in [0, 0.1) is 13.8 Å². The fraction of sp³-hybridized carbons (Fsp3) is 0.111. The van der Waals surface area contributed by atoms with E-state index in [9.17, 15) is 9.59 Å². The molecule has 0 bridgehead atoms. The predicted octanol–water partition coefficient (Wildman–Crippen LogP) is 2.84. The number of aryl methyl sites for hydroxylation is 2. The van der Waals surface area contributed by atoms with E-state index in [1.165, 1.54) is 0 Å². The van der Waals surface area contributed by atoms with Gasteiger partial charge >= 0.3 is 5.97 Å². The van der Waals surface area contributed by atoms with Gasteiger partial charge in [0.1, 0.15) is 0 Å². The van der Waals surface area contributed by atoms with Crippen molar-refractivity contribution in [3.05, 3.63) is 82.0 Å². The van der Waals surface area contributed by atoms with Crippen LogP contribution in [0.15, 0.2) is 65.3 Å². The van der Waals surface area contributed by atoms with Gasteiger partial charge in [-0.05, 0) is 42.7 Å². The van der Waals surface area contributed by atoms with E-state index in [1.807, 2.05) is 50.3 Å². The van der Waals surface area contributed by atoms with Crippen LogP contribution in [-0.4, -0.2) is 17.0 Å². The zero-order valence-electron chi connectivity index (χ0n) is 12.5. The van der Waals surface area contributed by atoms with Gasteiger partial charge in [0, 0.05) is 5.56 Å². The Bertz CT molecular complexity index is 765. The van der Waals surface area contributed by atoms with E-state index in [0.717, 1.165) is 22.3 Å². The minimum Gasteiger partial charge on any atom is -0.478 e. The second-order valence-corrected chi connectivity index (χ2v) is 5.13. The van der Waals surface area contributed by atoms with Gasteiger partial charge < -0.3 is 10.8 Å². The van der Waals surface area contributed by atoms with Crippen LogP contribution in [0.3, 0.4) is 0 Å². The molecular formula is C18H17NO3. The number of allylic oxidation sites excluding steroid dienone is 6. The standard InChI is InChI=1S/C9H11NO.C9H6O2/c1-6-3-4-7(2)8(5-6)9(10)11;10-9(11)8-5-4-6-2-1-3-7(6)8/h3-5H,1-2H3,(H2,10,11);1-5H,(H,10,11). The van der Waals surface area contributed by atoms with Crippen molar-refractivity contribution >= 4 is 11.9 Å². The topological polar surface area (TPSA) is 80.4 Å². The number of hydrogen-bond acceptors (Lipinski definition) is 2. The Morgan fingerprint density at radius 3 is 2.41 bits per heavy atom. The molecule has 4 nitrogen and oxygen atoms in total. The van der Waals surface area contributed by atoms with E-state index >= 15 is 0 Å². The summed E-state index contributed by atoms with van der Waals surface area (Å²) in [5.41, 5.74) is 9.98. The fourth-order valence-electron chi connectivity index (χ4n) is 2.28. The number of carbonyl (C=O) groups is 2. The monoisotopic (exact) mass is 295 g/mol. The van der Waals surface area contributed by atoms with Crippen LogP contribution in [0.25, 0.3) is 0 Å². The van der Waals surface area contributed by atoms with E-state index in [1.54, 1.807) is 12.1 Å². The molecule has 2 aliphatic carbocycles. The summed E-state index contributed by atoms with van der Waals surface area (Å²) in [7, 11) is 0. The Kier molecular flexibility index (Phi) is 4.41. The highest BCUT2D eigenvalue weighted by Crippen LogP contribution is 2.30. The molecule has 1 aromatic carbocycles. The molecule has 0 unspecified atom stereocenters. The highest BCUT2D eigenvalue weighted by molar-refractivity contribution is 5.97. The Hall–Kier alpha value is -2.88. The van der Waals surface area contributed by atoms with E-state index in [0.29, 0.717) is 11.1 Å². The molecule has 3 rings (SSSR count). The van der Waals surface area contributed by atoms with Crippen LogP contribution in [0.2, 0.25) is 0 Å². The molecule has 0 radical (unpaired) electrons. The van der Waals surface area contributed by atoms with Gasteiger partial charge in [0.15, 0.2) is 0 Å². The Morgan fingerprint density at radius 2 is 1.82 bits per heavy atom. The molecule has 22 heavy (non-hydrogen) atoms. The molecule has 0 atom stereocenters. The first-order chi connectivity index (χ1) is 10.4. The first-order valence-electron chi connectivity index (χ1n) is 6.81. The molecule has 0 spiro atoms. The number of carbonyl (C=O) groups excluding carboxylic acids is 1. The van der Waals surface area contributed by atoms with Gasteiger partial charge in [-0.15, -0.1) is 0 Å². The molecule has 0 saturated heterocycles. The summed E-state index contributed by atoms with van der Waals surface area (Å²) in [6.07, 6.45) is 9.03. The summed E-state index contributed by atoms with van der Waals surface area (Å²) in [5.74, 6) is -1.21. The lowest BCUT2D eigenvalue weighted by Crippen LogP contribution is -2.12. The maximum absolute atomic E-state index is 10.8. The smallest absolute Gasteiger partial charge is 0.336 e. The molecule has 112 valence electrons. The Morgan fingerprint density at radius 1 is 1.09 bits per heavy atom. The van der Waals surface area contributed by atoms with E-state index in [-0.39, 0.29) is 5.91 Å². The Labute approximate surface area is 129 Å². The van der Waals surface area contributed by atoms with Gasteiger partial charge in [-0.1, -0.05) is 42.0 Å². The van der Waals surface area contributed by atoms with Gasteiger partial charge in [-0.3, -0.25) is 4.79 Å². The summed E-state index contributed by atoms with van der Waals surface area (Å²) in [4.78, 5) is 21.4. The molecular weight excluding hydrogens is 278 g/mol. The largest absolute Gasteiger partial charge is 0.478 e. The molecule has 0 aliphatic heterocycles. The van der Waals surface area contributed by atoms with Crippen molar-refractivity contribution in [2.45, 2.75) is 13.8 Å². The number of aliphatic carboxylic acids is 1. The van der Waals surface area contributed by atoms with E-state index in [4.69, 9.17) is 10.8 Å². The Balaban J connectivity index is 0.000000160. The second kappa shape index (κ2) is 6.26. The summed E-state index contributed by atoms with van der Waals surface area (Å²) < 4.78 is 0. The SMILES string of the molecule is Cc1ccc(C)c(C(N)=O)c1.O=C(O)C1=CC=C2C=CC=C21. The highest BCUT2D eigenvalue weighted by Gasteiger charge is 2.20. The quantitative estimate of drug-likeness (QED) is 0.880. The first-order valence-corrected chi connectivity index (χ1v) is 6.81. The van der Waals surface area contributed by atoms with Gasteiger partial charge in [-0.2, -0.15) is 0 Å². The van der Waals surface area contributed by atoms with Crippen LogP contribution in [-0.2, 0) is 4.79 Å². The minimum atomic E-state index is -0.855. The molecule has 0 aromatic heterocycles. The van der Waals surface area contributed by atoms with Crippen molar-refractivity contribution in [2.75, 3.05) is 0 Å². The summed E-state index contributed by atoms with van der Waals surface area (Å²) in [6.45, 7) is 3.81. The molecule has 4 heteroatoms. The molecule has 1 aromatic rings. The summed E-state index contributed by atoms with van der Waals surface area (Å²) >= 11 is 0. The predicted molar refractivity (Wildman–Crippen MR) is 85.5 cm³/mol. The normalized spacial score (nSPS) is 14.4. The van der Waals surface area contributed by atoms with Gasteiger partial charge in [0.2, 0.25) is 5.91 Å². The van der Waals surface area contributed by atoms with Crippen molar-refractivity contribution in [1.29, 1.82) is 0 Å². The number of fused-ring (bicyclic) bond motifs is 1. The van der Waals surface area contributed by atoms with Gasteiger partial charge in [0.25, 0.3) is 0 Å². The van der Waals surface area contributed by atoms with Gasteiger partial charge in [-0.25, -0.2) is 4.79 Å². The number of primary amides is 1. The number of amides is 1. The molecule has 1 amide bonds. The lowest BCUT2D eigenvalue weighted by atomic mass is 10.1. The lowest BCUT2D eigenvalue weighted by Gasteiger charge is -2.01. The van der Waals surface area contributed by atoms with Crippen molar-refractivity contribution in [3.8, 4) is 0 Å². The van der Waals surface area contributed by atoms with Crippen LogP contribution < -0.4 is 5.73 Å². The number of hydrogen-bond donors (Lipinski definition) is 2. The molecule has 0 saturated carbocycles. The van der Waals surface area contributed by atoms with Crippen LogP contribution in [0.1, 0.15) is 21.5 Å². The average molecular weight is 295 g/mol.